The normalized spacial score (nSPS) is 12.6. The molecule has 0 spiro atoms. The Labute approximate surface area is 229 Å². The molecule has 0 aromatic heterocycles. The molecule has 2 atom stereocenters. The second kappa shape index (κ2) is 14.0. The van der Waals surface area contributed by atoms with Gasteiger partial charge in [-0.05, 0) is 64.0 Å². The molecule has 196 valence electrons. The minimum Gasteiger partial charge on any atom is -0.483 e. The van der Waals surface area contributed by atoms with Gasteiger partial charge in [-0.2, -0.15) is 0 Å². The lowest BCUT2D eigenvalue weighted by Gasteiger charge is -2.32. The molecule has 0 aliphatic carbocycles. The first-order chi connectivity index (χ1) is 17.8. The van der Waals surface area contributed by atoms with Crippen LogP contribution in [0, 0.1) is 0 Å². The first-order valence-electron chi connectivity index (χ1n) is 12.9. The maximum absolute atomic E-state index is 13.7. The van der Waals surface area contributed by atoms with Crippen molar-refractivity contribution in [1.29, 1.82) is 0 Å². The fourth-order valence-corrected chi connectivity index (χ4v) is 4.50. The third-order valence-corrected chi connectivity index (χ3v) is 7.06. The summed E-state index contributed by atoms with van der Waals surface area (Å²) in [5.41, 5.74) is 3.12. The lowest BCUT2D eigenvalue weighted by molar-refractivity contribution is -0.143. The van der Waals surface area contributed by atoms with Crippen molar-refractivity contribution in [2.75, 3.05) is 6.61 Å². The van der Waals surface area contributed by atoms with Crippen LogP contribution in [0.4, 0.5) is 0 Å². The molecule has 0 bridgehead atoms. The van der Waals surface area contributed by atoms with Crippen LogP contribution >= 0.6 is 15.9 Å². The average molecular weight is 566 g/mol. The molecule has 0 aliphatic rings. The van der Waals surface area contributed by atoms with E-state index in [4.69, 9.17) is 4.74 Å². The van der Waals surface area contributed by atoms with Gasteiger partial charge < -0.3 is 15.0 Å². The largest absolute Gasteiger partial charge is 0.483 e. The Bertz CT molecular complexity index is 1150. The zero-order chi connectivity index (χ0) is 26.8. The number of ether oxygens (including phenoxy) is 1. The standard InChI is InChI=1S/C31H37BrN2O3/c1-5-23(4)33-31(36)28(18-24-12-8-6-9-13-24)34(20-25-14-10-7-11-15-25)30(35)21-37-29-17-16-26(22(2)3)19-27(29)32/h6-17,19,22-23,28H,5,18,20-21H2,1-4H3,(H,33,36). The summed E-state index contributed by atoms with van der Waals surface area (Å²) in [4.78, 5) is 28.9. The summed E-state index contributed by atoms with van der Waals surface area (Å²) in [6.07, 6.45) is 1.22. The smallest absolute Gasteiger partial charge is 0.261 e. The first kappa shape index (κ1) is 28.5. The average Bonchev–Trinajstić information content (AvgIpc) is 2.90. The maximum atomic E-state index is 13.7. The molecular weight excluding hydrogens is 528 g/mol. The molecule has 0 saturated carbocycles. The topological polar surface area (TPSA) is 58.6 Å². The van der Waals surface area contributed by atoms with Gasteiger partial charge in [0.25, 0.3) is 5.91 Å². The molecule has 0 fully saturated rings. The van der Waals surface area contributed by atoms with Gasteiger partial charge in [-0.1, -0.05) is 87.5 Å². The summed E-state index contributed by atoms with van der Waals surface area (Å²) in [6, 6.07) is 24.8. The summed E-state index contributed by atoms with van der Waals surface area (Å²) in [5, 5.41) is 3.09. The number of rotatable bonds is 12. The van der Waals surface area contributed by atoms with Crippen molar-refractivity contribution >= 4 is 27.7 Å². The molecule has 1 N–H and O–H groups in total. The molecule has 3 rings (SSSR count). The second-order valence-electron chi connectivity index (χ2n) is 9.66. The SMILES string of the molecule is CCC(C)NC(=O)C(Cc1ccccc1)N(Cc1ccccc1)C(=O)COc1ccc(C(C)C)cc1Br. The molecular formula is C31H37BrN2O3. The number of amides is 2. The molecule has 37 heavy (non-hydrogen) atoms. The van der Waals surface area contributed by atoms with E-state index in [-0.39, 0.29) is 24.5 Å². The van der Waals surface area contributed by atoms with Gasteiger partial charge in [-0.15, -0.1) is 0 Å². The van der Waals surface area contributed by atoms with Crippen molar-refractivity contribution in [3.8, 4) is 5.75 Å². The Balaban J connectivity index is 1.89. The third kappa shape index (κ3) is 8.46. The quantitative estimate of drug-likeness (QED) is 0.273. The highest BCUT2D eigenvalue weighted by Crippen LogP contribution is 2.29. The molecule has 6 heteroatoms. The summed E-state index contributed by atoms with van der Waals surface area (Å²) >= 11 is 3.57. The van der Waals surface area contributed by atoms with Gasteiger partial charge >= 0.3 is 0 Å². The van der Waals surface area contributed by atoms with Crippen molar-refractivity contribution in [2.45, 2.75) is 65.1 Å². The van der Waals surface area contributed by atoms with Gasteiger partial charge in [0.2, 0.25) is 5.91 Å². The van der Waals surface area contributed by atoms with Gasteiger partial charge in [0.15, 0.2) is 6.61 Å². The van der Waals surface area contributed by atoms with Crippen LogP contribution in [0.1, 0.15) is 56.7 Å². The number of hydrogen-bond donors (Lipinski definition) is 1. The lowest BCUT2D eigenvalue weighted by atomic mass is 10.0. The van der Waals surface area contributed by atoms with Crippen molar-refractivity contribution < 1.29 is 14.3 Å². The Kier molecular flexibility index (Phi) is 10.8. The van der Waals surface area contributed by atoms with E-state index < -0.39 is 6.04 Å². The Morgan fingerprint density at radius 2 is 1.54 bits per heavy atom. The highest BCUT2D eigenvalue weighted by atomic mass is 79.9. The number of carbonyl (C=O) groups excluding carboxylic acids is 2. The highest BCUT2D eigenvalue weighted by molar-refractivity contribution is 9.10. The Hall–Kier alpha value is -3.12. The molecule has 0 aliphatic heterocycles. The monoisotopic (exact) mass is 564 g/mol. The zero-order valence-electron chi connectivity index (χ0n) is 22.1. The van der Waals surface area contributed by atoms with Crippen LogP contribution in [0.25, 0.3) is 0 Å². The lowest BCUT2D eigenvalue weighted by Crippen LogP contribution is -2.53. The molecule has 0 heterocycles. The van der Waals surface area contributed by atoms with E-state index in [9.17, 15) is 9.59 Å². The minimum absolute atomic E-state index is 0.00567. The van der Waals surface area contributed by atoms with Gasteiger partial charge in [0.1, 0.15) is 11.8 Å². The van der Waals surface area contributed by atoms with E-state index in [1.165, 1.54) is 5.56 Å². The fourth-order valence-electron chi connectivity index (χ4n) is 3.99. The van der Waals surface area contributed by atoms with Gasteiger partial charge in [0, 0.05) is 19.0 Å². The molecule has 0 radical (unpaired) electrons. The number of carbonyl (C=O) groups is 2. The fraction of sp³-hybridized carbons (Fsp3) is 0.355. The maximum Gasteiger partial charge on any atom is 0.261 e. The van der Waals surface area contributed by atoms with Gasteiger partial charge in [0.05, 0.1) is 4.47 Å². The van der Waals surface area contributed by atoms with Crippen molar-refractivity contribution in [3.05, 3.63) is 100 Å². The summed E-state index contributed by atoms with van der Waals surface area (Å²) in [7, 11) is 0. The number of benzene rings is 3. The van der Waals surface area contributed by atoms with Crippen molar-refractivity contribution in [1.82, 2.24) is 10.2 Å². The van der Waals surface area contributed by atoms with E-state index >= 15 is 0 Å². The minimum atomic E-state index is -0.681. The van der Waals surface area contributed by atoms with Crippen molar-refractivity contribution in [3.63, 3.8) is 0 Å². The number of hydrogen-bond acceptors (Lipinski definition) is 3. The molecule has 5 nitrogen and oxygen atoms in total. The van der Waals surface area contributed by atoms with Gasteiger partial charge in [-0.3, -0.25) is 9.59 Å². The first-order valence-corrected chi connectivity index (χ1v) is 13.7. The van der Waals surface area contributed by atoms with E-state index in [1.54, 1.807) is 4.90 Å². The predicted octanol–water partition coefficient (Wildman–Crippen LogP) is 6.51. The predicted molar refractivity (Wildman–Crippen MR) is 153 cm³/mol. The van der Waals surface area contributed by atoms with Crippen LogP contribution in [0.3, 0.4) is 0 Å². The second-order valence-corrected chi connectivity index (χ2v) is 10.5. The highest BCUT2D eigenvalue weighted by Gasteiger charge is 2.31. The summed E-state index contributed by atoms with van der Waals surface area (Å²) in [5.74, 6) is 0.575. The van der Waals surface area contributed by atoms with Crippen LogP contribution in [0.5, 0.6) is 5.75 Å². The van der Waals surface area contributed by atoms with E-state index in [0.29, 0.717) is 24.6 Å². The Morgan fingerprint density at radius 1 is 0.919 bits per heavy atom. The molecule has 2 amide bonds. The van der Waals surface area contributed by atoms with Crippen LogP contribution in [-0.2, 0) is 22.6 Å². The Morgan fingerprint density at radius 3 is 2.11 bits per heavy atom. The van der Waals surface area contributed by atoms with Crippen LogP contribution < -0.4 is 10.1 Å². The van der Waals surface area contributed by atoms with Crippen LogP contribution in [0.15, 0.2) is 83.3 Å². The van der Waals surface area contributed by atoms with Gasteiger partial charge in [-0.25, -0.2) is 0 Å². The third-order valence-electron chi connectivity index (χ3n) is 6.44. The number of nitrogens with zero attached hydrogens (tertiary/aromatic N) is 1. The zero-order valence-corrected chi connectivity index (χ0v) is 23.7. The van der Waals surface area contributed by atoms with E-state index in [2.05, 4.69) is 35.1 Å². The molecule has 3 aromatic rings. The number of halogens is 1. The molecule has 0 saturated heterocycles. The van der Waals surface area contributed by atoms with Crippen molar-refractivity contribution in [2.24, 2.45) is 0 Å². The summed E-state index contributed by atoms with van der Waals surface area (Å²) < 4.78 is 6.77. The van der Waals surface area contributed by atoms with E-state index in [1.807, 2.05) is 92.7 Å². The molecule has 2 unspecified atom stereocenters. The molecule has 3 aromatic carbocycles. The summed E-state index contributed by atoms with van der Waals surface area (Å²) in [6.45, 7) is 8.40. The van der Waals surface area contributed by atoms with E-state index in [0.717, 1.165) is 22.0 Å². The number of nitrogens with one attached hydrogen (secondary N) is 1. The van der Waals surface area contributed by atoms with Crippen LogP contribution in [-0.4, -0.2) is 35.4 Å². The van der Waals surface area contributed by atoms with Crippen LogP contribution in [0.2, 0.25) is 0 Å².